The minimum absolute atomic E-state index is 0.0141. The summed E-state index contributed by atoms with van der Waals surface area (Å²) in [6.07, 6.45) is 6.51. The molecule has 1 heterocycles. The van der Waals surface area contributed by atoms with Crippen LogP contribution in [0.2, 0.25) is 0 Å². The van der Waals surface area contributed by atoms with Crippen molar-refractivity contribution in [1.82, 2.24) is 5.32 Å². The van der Waals surface area contributed by atoms with Crippen molar-refractivity contribution in [2.45, 2.75) is 45.6 Å². The summed E-state index contributed by atoms with van der Waals surface area (Å²) in [6, 6.07) is 10.9. The normalized spacial score (nSPS) is 21.7. The SMILES string of the molecule is COCCCNC(=O)c1ccc2c(c1)C1C=CCC1C(c1c(C)cc(C)cc1C)N2. The lowest BCUT2D eigenvalue weighted by Gasteiger charge is -2.39. The molecule has 0 spiro atoms. The van der Waals surface area contributed by atoms with E-state index in [1.165, 1.54) is 27.8 Å². The summed E-state index contributed by atoms with van der Waals surface area (Å²) < 4.78 is 5.05. The van der Waals surface area contributed by atoms with Gasteiger partial charge in [-0.25, -0.2) is 0 Å². The van der Waals surface area contributed by atoms with Gasteiger partial charge in [-0.15, -0.1) is 0 Å². The molecule has 158 valence electrons. The maximum atomic E-state index is 12.6. The van der Waals surface area contributed by atoms with Crippen molar-refractivity contribution < 1.29 is 9.53 Å². The molecule has 1 aliphatic heterocycles. The molecule has 1 aliphatic carbocycles. The zero-order chi connectivity index (χ0) is 21.3. The van der Waals surface area contributed by atoms with Gasteiger partial charge in [-0.1, -0.05) is 29.8 Å². The number of fused-ring (bicyclic) bond motifs is 3. The third kappa shape index (κ3) is 3.89. The molecule has 4 nitrogen and oxygen atoms in total. The summed E-state index contributed by atoms with van der Waals surface area (Å²) in [4.78, 5) is 12.6. The van der Waals surface area contributed by atoms with Crippen LogP contribution in [0.15, 0.2) is 42.5 Å². The highest BCUT2D eigenvalue weighted by Gasteiger charge is 2.39. The van der Waals surface area contributed by atoms with Crippen LogP contribution in [0.1, 0.15) is 63.0 Å². The quantitative estimate of drug-likeness (QED) is 0.514. The lowest BCUT2D eigenvalue weighted by atomic mass is 9.75. The Morgan fingerprint density at radius 1 is 1.17 bits per heavy atom. The highest BCUT2D eigenvalue weighted by Crippen LogP contribution is 2.51. The van der Waals surface area contributed by atoms with Gasteiger partial charge < -0.3 is 15.4 Å². The predicted molar refractivity (Wildman–Crippen MR) is 122 cm³/mol. The monoisotopic (exact) mass is 404 g/mol. The third-order valence-electron chi connectivity index (χ3n) is 6.48. The first-order valence-corrected chi connectivity index (χ1v) is 10.9. The number of methoxy groups -OCH3 is 1. The molecule has 2 aromatic carbocycles. The number of aryl methyl sites for hydroxylation is 3. The van der Waals surface area contributed by atoms with Crippen LogP contribution in [0.25, 0.3) is 0 Å². The van der Waals surface area contributed by atoms with Crippen LogP contribution in [0.3, 0.4) is 0 Å². The average molecular weight is 405 g/mol. The number of hydrogen-bond acceptors (Lipinski definition) is 3. The predicted octanol–water partition coefficient (Wildman–Crippen LogP) is 5.20. The Kier molecular flexibility index (Phi) is 5.96. The van der Waals surface area contributed by atoms with Crippen LogP contribution >= 0.6 is 0 Å². The number of hydrogen-bond donors (Lipinski definition) is 2. The average Bonchev–Trinajstić information content (AvgIpc) is 3.20. The fourth-order valence-electron chi connectivity index (χ4n) is 5.22. The van der Waals surface area contributed by atoms with Crippen molar-refractivity contribution in [2.75, 3.05) is 25.6 Å². The van der Waals surface area contributed by atoms with E-state index in [0.29, 0.717) is 25.0 Å². The first-order chi connectivity index (χ1) is 14.5. The van der Waals surface area contributed by atoms with Crippen LogP contribution in [0, 0.1) is 26.7 Å². The van der Waals surface area contributed by atoms with Crippen LogP contribution in [-0.4, -0.2) is 26.2 Å². The Morgan fingerprint density at radius 2 is 1.93 bits per heavy atom. The molecule has 0 bridgehead atoms. The van der Waals surface area contributed by atoms with Gasteiger partial charge in [-0.2, -0.15) is 0 Å². The molecule has 0 saturated carbocycles. The van der Waals surface area contributed by atoms with E-state index in [4.69, 9.17) is 4.74 Å². The molecule has 0 radical (unpaired) electrons. The molecule has 2 aliphatic rings. The number of allylic oxidation sites excluding steroid dienone is 2. The van der Waals surface area contributed by atoms with Gasteiger partial charge in [0.2, 0.25) is 0 Å². The Morgan fingerprint density at radius 3 is 2.67 bits per heavy atom. The Bertz CT molecular complexity index is 956. The molecule has 2 aromatic rings. The summed E-state index contributed by atoms with van der Waals surface area (Å²) in [6.45, 7) is 7.89. The van der Waals surface area contributed by atoms with E-state index in [-0.39, 0.29) is 11.9 Å². The second-order valence-electron chi connectivity index (χ2n) is 8.69. The molecule has 30 heavy (non-hydrogen) atoms. The first-order valence-electron chi connectivity index (χ1n) is 10.9. The van der Waals surface area contributed by atoms with Crippen molar-refractivity contribution in [1.29, 1.82) is 0 Å². The van der Waals surface area contributed by atoms with Crippen molar-refractivity contribution in [3.05, 3.63) is 75.9 Å². The molecule has 1 amide bonds. The minimum Gasteiger partial charge on any atom is -0.385 e. The number of carbonyl (C=O) groups excluding carboxylic acids is 1. The largest absolute Gasteiger partial charge is 0.385 e. The van der Waals surface area contributed by atoms with E-state index < -0.39 is 0 Å². The molecule has 3 atom stereocenters. The number of anilines is 1. The lowest BCUT2D eigenvalue weighted by molar-refractivity contribution is 0.0948. The fourth-order valence-corrected chi connectivity index (χ4v) is 5.22. The maximum absolute atomic E-state index is 12.6. The van der Waals surface area contributed by atoms with E-state index in [0.717, 1.165) is 24.1 Å². The Balaban J connectivity index is 1.62. The topological polar surface area (TPSA) is 50.4 Å². The van der Waals surface area contributed by atoms with Gasteiger partial charge in [0.25, 0.3) is 5.91 Å². The highest BCUT2D eigenvalue weighted by atomic mass is 16.5. The number of amides is 1. The second kappa shape index (κ2) is 8.65. The van der Waals surface area contributed by atoms with Gasteiger partial charge in [-0.3, -0.25) is 4.79 Å². The summed E-state index contributed by atoms with van der Waals surface area (Å²) >= 11 is 0. The van der Waals surface area contributed by atoms with Gasteiger partial charge in [0.15, 0.2) is 0 Å². The summed E-state index contributed by atoms with van der Waals surface area (Å²) in [5.41, 5.74) is 8.54. The lowest BCUT2D eigenvalue weighted by Crippen LogP contribution is -2.31. The molecular formula is C26H32N2O2. The van der Waals surface area contributed by atoms with Gasteiger partial charge in [0, 0.05) is 37.4 Å². The van der Waals surface area contributed by atoms with E-state index >= 15 is 0 Å². The summed E-state index contributed by atoms with van der Waals surface area (Å²) in [5, 5.41) is 6.82. The van der Waals surface area contributed by atoms with E-state index in [1.807, 2.05) is 6.07 Å². The summed E-state index contributed by atoms with van der Waals surface area (Å²) in [5.74, 6) is 0.796. The third-order valence-corrected chi connectivity index (χ3v) is 6.48. The van der Waals surface area contributed by atoms with Gasteiger partial charge in [0.05, 0.1) is 6.04 Å². The number of benzene rings is 2. The van der Waals surface area contributed by atoms with Gasteiger partial charge >= 0.3 is 0 Å². The highest BCUT2D eigenvalue weighted by molar-refractivity contribution is 5.95. The van der Waals surface area contributed by atoms with E-state index in [9.17, 15) is 4.79 Å². The van der Waals surface area contributed by atoms with Crippen LogP contribution in [0.5, 0.6) is 0 Å². The zero-order valence-electron chi connectivity index (χ0n) is 18.4. The Labute approximate surface area is 179 Å². The molecule has 2 N–H and O–H groups in total. The minimum atomic E-state index is -0.0141. The number of rotatable bonds is 6. The van der Waals surface area contributed by atoms with Crippen molar-refractivity contribution in [3.8, 4) is 0 Å². The zero-order valence-corrected chi connectivity index (χ0v) is 18.4. The first kappa shape index (κ1) is 20.7. The smallest absolute Gasteiger partial charge is 0.251 e. The van der Waals surface area contributed by atoms with Crippen molar-refractivity contribution >= 4 is 11.6 Å². The molecule has 4 rings (SSSR count). The molecular weight excluding hydrogens is 372 g/mol. The maximum Gasteiger partial charge on any atom is 0.251 e. The van der Waals surface area contributed by atoms with Gasteiger partial charge in [-0.05, 0) is 80.0 Å². The molecule has 0 aromatic heterocycles. The Hall–Kier alpha value is -2.59. The van der Waals surface area contributed by atoms with E-state index in [2.05, 4.69) is 67.8 Å². The van der Waals surface area contributed by atoms with Crippen LogP contribution < -0.4 is 10.6 Å². The van der Waals surface area contributed by atoms with Crippen molar-refractivity contribution in [3.63, 3.8) is 0 Å². The van der Waals surface area contributed by atoms with Crippen molar-refractivity contribution in [2.24, 2.45) is 5.92 Å². The number of carbonyl (C=O) groups is 1. The van der Waals surface area contributed by atoms with E-state index in [1.54, 1.807) is 7.11 Å². The standard InChI is InChI=1S/C26H32N2O2/c1-16-13-17(2)24(18(3)14-16)25-21-8-5-7-20(21)22-15-19(9-10-23(22)28-25)26(29)27-11-6-12-30-4/h5,7,9-10,13-15,20-21,25,28H,6,8,11-12H2,1-4H3,(H,27,29). The summed E-state index contributed by atoms with van der Waals surface area (Å²) in [7, 11) is 1.68. The van der Waals surface area contributed by atoms with Gasteiger partial charge in [0.1, 0.15) is 0 Å². The second-order valence-corrected chi connectivity index (χ2v) is 8.69. The molecule has 3 unspecified atom stereocenters. The molecule has 0 fully saturated rings. The van der Waals surface area contributed by atoms with Crippen LogP contribution in [-0.2, 0) is 4.74 Å². The number of nitrogens with one attached hydrogen (secondary N) is 2. The number of ether oxygens (including phenoxy) is 1. The van der Waals surface area contributed by atoms with Crippen LogP contribution in [0.4, 0.5) is 5.69 Å². The fraction of sp³-hybridized carbons (Fsp3) is 0.423. The molecule has 0 saturated heterocycles. The molecule has 4 heteroatoms.